The number of methoxy groups -OCH3 is 1. The summed E-state index contributed by atoms with van der Waals surface area (Å²) >= 11 is 0. The van der Waals surface area contributed by atoms with Gasteiger partial charge in [0.2, 0.25) is 0 Å². The second kappa shape index (κ2) is 6.67. The summed E-state index contributed by atoms with van der Waals surface area (Å²) in [6.07, 6.45) is 3.44. The zero-order chi connectivity index (χ0) is 16.0. The Bertz CT molecular complexity index is 463. The van der Waals surface area contributed by atoms with E-state index in [1.165, 1.54) is 12.8 Å². The van der Waals surface area contributed by atoms with E-state index in [9.17, 15) is 0 Å². The first kappa shape index (κ1) is 19.2. The first-order chi connectivity index (χ1) is 10.4. The van der Waals surface area contributed by atoms with Crippen molar-refractivity contribution in [2.45, 2.75) is 51.7 Å². The van der Waals surface area contributed by atoms with E-state index in [2.05, 4.69) is 36.0 Å². The number of aliphatic imine (C=N–C) groups is 1. The molecule has 0 aromatic rings. The zero-order valence-corrected chi connectivity index (χ0v) is 17.5. The SMILES string of the molecule is CN=C(NC1CC(C)(OC)C1(C)C)N1CCC2(CCOC2)C1.I. The number of hydrogen-bond acceptors (Lipinski definition) is 3. The molecule has 3 unspecified atom stereocenters. The third-order valence-corrected chi connectivity index (χ3v) is 6.72. The lowest BCUT2D eigenvalue weighted by Gasteiger charge is -2.59. The number of hydrogen-bond donors (Lipinski definition) is 1. The molecule has 23 heavy (non-hydrogen) atoms. The van der Waals surface area contributed by atoms with Gasteiger partial charge in [0.25, 0.3) is 0 Å². The van der Waals surface area contributed by atoms with Gasteiger partial charge in [-0.05, 0) is 26.2 Å². The molecule has 2 aliphatic heterocycles. The maximum absolute atomic E-state index is 5.73. The Balaban J connectivity index is 0.00000192. The third kappa shape index (κ3) is 3.11. The monoisotopic (exact) mass is 437 g/mol. The summed E-state index contributed by atoms with van der Waals surface area (Å²) in [5, 5.41) is 3.69. The molecule has 0 amide bonds. The molecule has 2 saturated heterocycles. The minimum atomic E-state index is -0.0466. The number of nitrogens with zero attached hydrogens (tertiary/aromatic N) is 2. The van der Waals surface area contributed by atoms with Crippen LogP contribution < -0.4 is 5.32 Å². The van der Waals surface area contributed by atoms with Crippen molar-refractivity contribution >= 4 is 29.9 Å². The van der Waals surface area contributed by atoms with Crippen molar-refractivity contribution < 1.29 is 9.47 Å². The lowest BCUT2D eigenvalue weighted by Crippen LogP contribution is -2.69. The molecular weight excluding hydrogens is 405 g/mol. The maximum Gasteiger partial charge on any atom is 0.193 e. The standard InChI is InChI=1S/C17H31N3O2.HI/c1-15(2)13(10-16(15,3)21-5)19-14(18-4)20-8-6-17(11-20)7-9-22-12-17;/h13H,6-12H2,1-5H3,(H,18,19);1H. The fraction of sp³-hybridized carbons (Fsp3) is 0.941. The number of halogens is 1. The molecule has 0 bridgehead atoms. The number of likely N-dealkylation sites (tertiary alicyclic amines) is 1. The summed E-state index contributed by atoms with van der Waals surface area (Å²) in [4.78, 5) is 6.95. The van der Waals surface area contributed by atoms with Gasteiger partial charge in [0.1, 0.15) is 0 Å². The molecule has 1 spiro atoms. The van der Waals surface area contributed by atoms with Gasteiger partial charge in [0, 0.05) is 50.7 Å². The van der Waals surface area contributed by atoms with Crippen LogP contribution in [0.3, 0.4) is 0 Å². The van der Waals surface area contributed by atoms with Gasteiger partial charge in [-0.1, -0.05) is 13.8 Å². The molecule has 5 nitrogen and oxygen atoms in total. The van der Waals surface area contributed by atoms with E-state index in [-0.39, 0.29) is 35.0 Å². The molecule has 0 aromatic heterocycles. The van der Waals surface area contributed by atoms with Crippen molar-refractivity contribution in [1.29, 1.82) is 0 Å². The first-order valence-corrected chi connectivity index (χ1v) is 8.47. The van der Waals surface area contributed by atoms with Crippen LogP contribution in [-0.2, 0) is 9.47 Å². The van der Waals surface area contributed by atoms with E-state index in [4.69, 9.17) is 9.47 Å². The van der Waals surface area contributed by atoms with Crippen LogP contribution in [0.2, 0.25) is 0 Å². The molecule has 1 N–H and O–H groups in total. The first-order valence-electron chi connectivity index (χ1n) is 8.47. The Morgan fingerprint density at radius 2 is 2.04 bits per heavy atom. The predicted octanol–water partition coefficient (Wildman–Crippen LogP) is 2.50. The summed E-state index contributed by atoms with van der Waals surface area (Å²) in [7, 11) is 3.71. The highest BCUT2D eigenvalue weighted by molar-refractivity contribution is 14.0. The Labute approximate surface area is 157 Å². The smallest absolute Gasteiger partial charge is 0.193 e. The predicted molar refractivity (Wildman–Crippen MR) is 104 cm³/mol. The summed E-state index contributed by atoms with van der Waals surface area (Å²) < 4.78 is 11.4. The highest BCUT2D eigenvalue weighted by Crippen LogP contribution is 2.51. The largest absolute Gasteiger partial charge is 0.381 e. The minimum Gasteiger partial charge on any atom is -0.381 e. The average molecular weight is 437 g/mol. The van der Waals surface area contributed by atoms with Crippen molar-refractivity contribution in [2.24, 2.45) is 15.8 Å². The quantitative estimate of drug-likeness (QED) is 0.410. The Kier molecular flexibility index (Phi) is 5.58. The molecular formula is C17H32IN3O2. The Morgan fingerprint density at radius 1 is 1.30 bits per heavy atom. The van der Waals surface area contributed by atoms with Crippen LogP contribution in [-0.4, -0.2) is 63.0 Å². The molecule has 6 heteroatoms. The van der Waals surface area contributed by atoms with Crippen LogP contribution in [0.5, 0.6) is 0 Å². The number of guanidine groups is 1. The van der Waals surface area contributed by atoms with Gasteiger partial charge in [0.15, 0.2) is 5.96 Å². The Morgan fingerprint density at radius 3 is 2.57 bits per heavy atom. The zero-order valence-electron chi connectivity index (χ0n) is 15.1. The average Bonchev–Trinajstić information content (AvgIpc) is 3.13. The summed E-state index contributed by atoms with van der Waals surface area (Å²) in [5.74, 6) is 1.04. The lowest BCUT2D eigenvalue weighted by molar-refractivity contribution is -0.176. The fourth-order valence-electron chi connectivity index (χ4n) is 4.26. The Hall–Kier alpha value is -0.0800. The normalized spacial score (nSPS) is 39.3. The van der Waals surface area contributed by atoms with Crippen molar-refractivity contribution in [3.05, 3.63) is 0 Å². The summed E-state index contributed by atoms with van der Waals surface area (Å²) in [6.45, 7) is 10.7. The van der Waals surface area contributed by atoms with Crippen molar-refractivity contribution in [3.63, 3.8) is 0 Å². The molecule has 2 heterocycles. The van der Waals surface area contributed by atoms with Crippen LogP contribution >= 0.6 is 24.0 Å². The van der Waals surface area contributed by atoms with Gasteiger partial charge < -0.3 is 19.7 Å². The third-order valence-electron chi connectivity index (χ3n) is 6.72. The van der Waals surface area contributed by atoms with Crippen LogP contribution in [0.4, 0.5) is 0 Å². The van der Waals surface area contributed by atoms with Crippen molar-refractivity contribution in [3.8, 4) is 0 Å². The van der Waals surface area contributed by atoms with Gasteiger partial charge in [-0.15, -0.1) is 24.0 Å². The second-order valence-corrected chi connectivity index (χ2v) is 8.08. The highest BCUT2D eigenvalue weighted by atomic mass is 127. The molecule has 3 rings (SSSR count). The minimum absolute atomic E-state index is 0. The van der Waals surface area contributed by atoms with Crippen LogP contribution in [0, 0.1) is 10.8 Å². The molecule has 134 valence electrons. The molecule has 3 fully saturated rings. The van der Waals surface area contributed by atoms with Gasteiger partial charge in [-0.2, -0.15) is 0 Å². The molecule has 3 aliphatic rings. The van der Waals surface area contributed by atoms with E-state index in [0.717, 1.165) is 38.7 Å². The van der Waals surface area contributed by atoms with Crippen LogP contribution in [0.15, 0.2) is 4.99 Å². The van der Waals surface area contributed by atoms with E-state index in [1.54, 1.807) is 0 Å². The molecule has 0 aromatic carbocycles. The van der Waals surface area contributed by atoms with Crippen LogP contribution in [0.25, 0.3) is 0 Å². The fourth-order valence-corrected chi connectivity index (χ4v) is 4.26. The maximum atomic E-state index is 5.73. The second-order valence-electron chi connectivity index (χ2n) is 8.08. The lowest BCUT2D eigenvalue weighted by atomic mass is 9.56. The van der Waals surface area contributed by atoms with Crippen molar-refractivity contribution in [2.75, 3.05) is 40.5 Å². The topological polar surface area (TPSA) is 46.1 Å². The van der Waals surface area contributed by atoms with Gasteiger partial charge in [-0.3, -0.25) is 4.99 Å². The molecule has 0 radical (unpaired) electrons. The molecule has 1 saturated carbocycles. The van der Waals surface area contributed by atoms with Crippen molar-refractivity contribution in [1.82, 2.24) is 10.2 Å². The van der Waals surface area contributed by atoms with Gasteiger partial charge in [0.05, 0.1) is 12.2 Å². The molecule has 3 atom stereocenters. The number of ether oxygens (including phenoxy) is 2. The number of nitrogens with one attached hydrogen (secondary N) is 1. The molecule has 1 aliphatic carbocycles. The van der Waals surface area contributed by atoms with E-state index >= 15 is 0 Å². The summed E-state index contributed by atoms with van der Waals surface area (Å²) in [6, 6.07) is 0.410. The van der Waals surface area contributed by atoms with E-state index < -0.39 is 0 Å². The van der Waals surface area contributed by atoms with Crippen LogP contribution in [0.1, 0.15) is 40.0 Å². The highest BCUT2D eigenvalue weighted by Gasteiger charge is 2.58. The summed E-state index contributed by atoms with van der Waals surface area (Å²) in [5.41, 5.74) is 0.425. The number of rotatable bonds is 2. The van der Waals surface area contributed by atoms with Gasteiger partial charge >= 0.3 is 0 Å². The van der Waals surface area contributed by atoms with Gasteiger partial charge in [-0.25, -0.2) is 0 Å². The van der Waals surface area contributed by atoms with E-state index in [0.29, 0.717) is 11.5 Å². The van der Waals surface area contributed by atoms with E-state index in [1.807, 2.05) is 14.2 Å².